The molecule has 0 spiro atoms. The van der Waals surface area contributed by atoms with Crippen LogP contribution in [0.4, 0.5) is 0 Å². The second-order valence-electron chi connectivity index (χ2n) is 3.59. The Morgan fingerprint density at radius 1 is 1.29 bits per heavy atom. The summed E-state index contributed by atoms with van der Waals surface area (Å²) in [5.74, 6) is 0.594. The number of hydrogen-bond donors (Lipinski definition) is 1. The number of hydrogen-bond acceptors (Lipinski definition) is 3. The van der Waals surface area contributed by atoms with E-state index in [9.17, 15) is 0 Å². The van der Waals surface area contributed by atoms with Crippen molar-refractivity contribution >= 4 is 11.6 Å². The maximum absolute atomic E-state index is 5.94. The Kier molecular flexibility index (Phi) is 3.61. The van der Waals surface area contributed by atoms with Gasteiger partial charge in [-0.25, -0.2) is 4.98 Å². The number of ether oxygens (including phenoxy) is 1. The smallest absolute Gasteiger partial charge is 0.212 e. The van der Waals surface area contributed by atoms with E-state index in [2.05, 4.69) is 4.98 Å². The van der Waals surface area contributed by atoms with Gasteiger partial charge in [0.1, 0.15) is 0 Å². The van der Waals surface area contributed by atoms with Gasteiger partial charge in [0.05, 0.1) is 7.11 Å². The highest BCUT2D eigenvalue weighted by Crippen LogP contribution is 2.26. The van der Waals surface area contributed by atoms with Crippen LogP contribution in [0.5, 0.6) is 5.88 Å². The lowest BCUT2D eigenvalue weighted by Gasteiger charge is -2.08. The van der Waals surface area contributed by atoms with Crippen LogP contribution in [0.2, 0.25) is 5.02 Å². The fourth-order valence-corrected chi connectivity index (χ4v) is 1.87. The van der Waals surface area contributed by atoms with Crippen LogP contribution in [0.3, 0.4) is 0 Å². The third kappa shape index (κ3) is 2.57. The SMILES string of the molecule is COc1ccc(-c2ccc(Cl)cc2CN)cn1. The van der Waals surface area contributed by atoms with E-state index in [0.29, 0.717) is 17.4 Å². The average molecular weight is 249 g/mol. The Balaban J connectivity index is 2.44. The van der Waals surface area contributed by atoms with Crippen molar-refractivity contribution in [2.24, 2.45) is 5.73 Å². The van der Waals surface area contributed by atoms with Gasteiger partial charge in [-0.05, 0) is 29.3 Å². The second-order valence-corrected chi connectivity index (χ2v) is 4.03. The number of nitrogens with zero attached hydrogens (tertiary/aromatic N) is 1. The van der Waals surface area contributed by atoms with Crippen molar-refractivity contribution < 1.29 is 4.74 Å². The summed E-state index contributed by atoms with van der Waals surface area (Å²) in [5, 5.41) is 0.690. The number of methoxy groups -OCH3 is 1. The Labute approximate surface area is 105 Å². The molecule has 0 amide bonds. The molecule has 2 aromatic rings. The predicted molar refractivity (Wildman–Crippen MR) is 69.1 cm³/mol. The van der Waals surface area contributed by atoms with Gasteiger partial charge >= 0.3 is 0 Å². The first-order valence-corrected chi connectivity index (χ1v) is 5.61. The zero-order valence-corrected chi connectivity index (χ0v) is 10.2. The molecular weight excluding hydrogens is 236 g/mol. The van der Waals surface area contributed by atoms with Gasteiger partial charge in [0, 0.05) is 29.4 Å². The Hall–Kier alpha value is -1.58. The highest BCUT2D eigenvalue weighted by molar-refractivity contribution is 6.30. The van der Waals surface area contributed by atoms with Crippen molar-refractivity contribution in [3.05, 3.63) is 47.1 Å². The zero-order chi connectivity index (χ0) is 12.3. The normalized spacial score (nSPS) is 10.3. The summed E-state index contributed by atoms with van der Waals surface area (Å²) in [6, 6.07) is 9.45. The van der Waals surface area contributed by atoms with Crippen LogP contribution in [-0.4, -0.2) is 12.1 Å². The monoisotopic (exact) mass is 248 g/mol. The summed E-state index contributed by atoms with van der Waals surface area (Å²) in [4.78, 5) is 4.18. The molecule has 0 bridgehead atoms. The number of pyridine rings is 1. The van der Waals surface area contributed by atoms with E-state index >= 15 is 0 Å². The molecule has 0 radical (unpaired) electrons. The van der Waals surface area contributed by atoms with Crippen LogP contribution in [0.1, 0.15) is 5.56 Å². The van der Waals surface area contributed by atoms with Crippen LogP contribution >= 0.6 is 11.6 Å². The summed E-state index contributed by atoms with van der Waals surface area (Å²) < 4.78 is 5.02. The van der Waals surface area contributed by atoms with E-state index in [0.717, 1.165) is 16.7 Å². The van der Waals surface area contributed by atoms with Gasteiger partial charge in [-0.3, -0.25) is 0 Å². The van der Waals surface area contributed by atoms with Crippen LogP contribution in [0.15, 0.2) is 36.5 Å². The number of nitrogens with two attached hydrogens (primary N) is 1. The van der Waals surface area contributed by atoms with Crippen LogP contribution in [0.25, 0.3) is 11.1 Å². The third-order valence-electron chi connectivity index (χ3n) is 2.54. The van der Waals surface area contributed by atoms with Crippen molar-refractivity contribution in [2.45, 2.75) is 6.54 Å². The Morgan fingerprint density at radius 2 is 2.12 bits per heavy atom. The molecule has 4 heteroatoms. The maximum atomic E-state index is 5.94. The molecule has 1 heterocycles. The van der Waals surface area contributed by atoms with Gasteiger partial charge in [-0.15, -0.1) is 0 Å². The first kappa shape index (κ1) is 11.9. The van der Waals surface area contributed by atoms with Crippen LogP contribution in [0, 0.1) is 0 Å². The van der Waals surface area contributed by atoms with E-state index < -0.39 is 0 Å². The molecule has 0 aliphatic heterocycles. The van der Waals surface area contributed by atoms with Crippen molar-refractivity contribution in [3.63, 3.8) is 0 Å². The lowest BCUT2D eigenvalue weighted by molar-refractivity contribution is 0.398. The Bertz CT molecular complexity index is 511. The number of aromatic nitrogens is 1. The summed E-state index contributed by atoms with van der Waals surface area (Å²) in [6.45, 7) is 0.446. The number of halogens is 1. The lowest BCUT2D eigenvalue weighted by Crippen LogP contribution is -1.99. The first-order chi connectivity index (χ1) is 8.24. The standard InChI is InChI=1S/C13H13ClN2O/c1-17-13-5-2-9(8-16-13)12-4-3-11(14)6-10(12)7-15/h2-6,8H,7,15H2,1H3. The van der Waals surface area contributed by atoms with Crippen molar-refractivity contribution in [1.82, 2.24) is 4.98 Å². The minimum Gasteiger partial charge on any atom is -0.481 e. The number of benzene rings is 1. The minimum absolute atomic E-state index is 0.446. The minimum atomic E-state index is 0.446. The molecule has 0 fully saturated rings. The molecule has 2 rings (SSSR count). The lowest BCUT2D eigenvalue weighted by atomic mass is 10.0. The molecule has 1 aromatic heterocycles. The van der Waals surface area contributed by atoms with Crippen LogP contribution < -0.4 is 10.5 Å². The molecule has 0 aliphatic rings. The highest BCUT2D eigenvalue weighted by atomic mass is 35.5. The van der Waals surface area contributed by atoms with E-state index in [1.165, 1.54) is 0 Å². The van der Waals surface area contributed by atoms with Gasteiger partial charge in [-0.2, -0.15) is 0 Å². The largest absolute Gasteiger partial charge is 0.481 e. The third-order valence-corrected chi connectivity index (χ3v) is 2.78. The number of rotatable bonds is 3. The van der Waals surface area contributed by atoms with Crippen LogP contribution in [-0.2, 0) is 6.54 Å². The quantitative estimate of drug-likeness (QED) is 0.909. The van der Waals surface area contributed by atoms with Crippen molar-refractivity contribution in [1.29, 1.82) is 0 Å². The molecule has 17 heavy (non-hydrogen) atoms. The molecule has 88 valence electrons. The van der Waals surface area contributed by atoms with E-state index in [1.807, 2.05) is 30.3 Å². The molecule has 0 saturated heterocycles. The van der Waals surface area contributed by atoms with Gasteiger partial charge < -0.3 is 10.5 Å². The topological polar surface area (TPSA) is 48.1 Å². The summed E-state index contributed by atoms with van der Waals surface area (Å²) >= 11 is 5.94. The van der Waals surface area contributed by atoms with Crippen molar-refractivity contribution in [2.75, 3.05) is 7.11 Å². The summed E-state index contributed by atoms with van der Waals surface area (Å²) in [6.07, 6.45) is 1.77. The van der Waals surface area contributed by atoms with Gasteiger partial charge in [-0.1, -0.05) is 17.7 Å². The van der Waals surface area contributed by atoms with Gasteiger partial charge in [0.15, 0.2) is 0 Å². The maximum Gasteiger partial charge on any atom is 0.212 e. The summed E-state index contributed by atoms with van der Waals surface area (Å²) in [5.41, 5.74) is 8.76. The van der Waals surface area contributed by atoms with Crippen molar-refractivity contribution in [3.8, 4) is 17.0 Å². The molecule has 0 atom stereocenters. The van der Waals surface area contributed by atoms with Gasteiger partial charge in [0.2, 0.25) is 5.88 Å². The highest BCUT2D eigenvalue weighted by Gasteiger charge is 2.05. The molecule has 0 unspecified atom stereocenters. The second kappa shape index (κ2) is 5.17. The fourth-order valence-electron chi connectivity index (χ4n) is 1.67. The van der Waals surface area contributed by atoms with Gasteiger partial charge in [0.25, 0.3) is 0 Å². The summed E-state index contributed by atoms with van der Waals surface area (Å²) in [7, 11) is 1.59. The van der Waals surface area contributed by atoms with E-state index in [-0.39, 0.29) is 0 Å². The molecule has 0 saturated carbocycles. The Morgan fingerprint density at radius 3 is 2.71 bits per heavy atom. The molecular formula is C13H13ClN2O. The average Bonchev–Trinajstić information content (AvgIpc) is 2.39. The zero-order valence-electron chi connectivity index (χ0n) is 9.48. The van der Waals surface area contributed by atoms with E-state index in [4.69, 9.17) is 22.1 Å². The molecule has 3 nitrogen and oxygen atoms in total. The predicted octanol–water partition coefficient (Wildman–Crippen LogP) is 2.87. The molecule has 2 N–H and O–H groups in total. The molecule has 0 aliphatic carbocycles. The first-order valence-electron chi connectivity index (χ1n) is 5.23. The molecule has 1 aromatic carbocycles. The van der Waals surface area contributed by atoms with E-state index in [1.54, 1.807) is 13.3 Å². The fraction of sp³-hybridized carbons (Fsp3) is 0.154.